The van der Waals surface area contributed by atoms with Crippen LogP contribution in [0.5, 0.6) is 0 Å². The summed E-state index contributed by atoms with van der Waals surface area (Å²) < 4.78 is 1.52. The number of nitro benzene ring substituents is 1. The summed E-state index contributed by atoms with van der Waals surface area (Å²) in [5.74, 6) is 0.00341. The number of aliphatic hydroxyl groups excluding tert-OH is 1. The second kappa shape index (κ2) is 7.02. The lowest BCUT2D eigenvalue weighted by Crippen LogP contribution is -2.46. The van der Waals surface area contributed by atoms with Gasteiger partial charge in [-0.2, -0.15) is 5.10 Å². The molecule has 1 aliphatic heterocycles. The van der Waals surface area contributed by atoms with Gasteiger partial charge in [0.1, 0.15) is 0 Å². The van der Waals surface area contributed by atoms with E-state index in [4.69, 9.17) is 0 Å². The molecule has 1 aromatic carbocycles. The summed E-state index contributed by atoms with van der Waals surface area (Å²) in [6.07, 6.45) is 4.91. The van der Waals surface area contributed by atoms with Crippen LogP contribution in [-0.4, -0.2) is 49.8 Å². The Morgan fingerprint density at radius 3 is 2.72 bits per heavy atom. The smallest absolute Gasteiger partial charge is 0.269 e. The van der Waals surface area contributed by atoms with Gasteiger partial charge in [-0.1, -0.05) is 0 Å². The topological polar surface area (TPSA) is 102 Å². The minimum Gasteiger partial charge on any atom is -0.396 e. The number of aliphatic hydroxyl groups is 1. The lowest BCUT2D eigenvalue weighted by Gasteiger charge is -2.37. The maximum atomic E-state index is 12.8. The molecule has 1 N–H and O–H groups in total. The highest BCUT2D eigenvalue weighted by molar-refractivity contribution is 5.94. The van der Waals surface area contributed by atoms with Crippen molar-refractivity contribution < 1.29 is 14.8 Å². The molecule has 2 atom stereocenters. The van der Waals surface area contributed by atoms with Crippen LogP contribution in [0.2, 0.25) is 0 Å². The first-order valence-electron chi connectivity index (χ1n) is 8.21. The van der Waals surface area contributed by atoms with Crippen molar-refractivity contribution in [1.82, 2.24) is 14.7 Å². The Hall–Kier alpha value is -2.74. The zero-order chi connectivity index (χ0) is 18.0. The fourth-order valence-electron chi connectivity index (χ4n) is 3.08. The minimum atomic E-state index is -0.461. The lowest BCUT2D eigenvalue weighted by molar-refractivity contribution is -0.384. The maximum absolute atomic E-state index is 12.8. The van der Waals surface area contributed by atoms with Crippen molar-refractivity contribution >= 4 is 11.6 Å². The molecule has 1 aromatic heterocycles. The molecule has 2 heterocycles. The van der Waals surface area contributed by atoms with Gasteiger partial charge in [0, 0.05) is 37.5 Å². The molecule has 3 rings (SSSR count). The minimum absolute atomic E-state index is 0.00407. The van der Waals surface area contributed by atoms with Gasteiger partial charge in [-0.25, -0.2) is 4.68 Å². The van der Waals surface area contributed by atoms with E-state index in [0.29, 0.717) is 17.8 Å². The molecule has 0 aliphatic carbocycles. The van der Waals surface area contributed by atoms with Crippen LogP contribution in [0.3, 0.4) is 0 Å². The maximum Gasteiger partial charge on any atom is 0.269 e. The predicted molar refractivity (Wildman–Crippen MR) is 90.5 cm³/mol. The van der Waals surface area contributed by atoms with E-state index in [1.54, 1.807) is 23.2 Å². The van der Waals surface area contributed by atoms with Crippen LogP contribution in [0, 0.1) is 16.0 Å². The number of hydrogen-bond acceptors (Lipinski definition) is 5. The molecule has 132 valence electrons. The highest BCUT2D eigenvalue weighted by Crippen LogP contribution is 2.24. The molecule has 1 aliphatic rings. The molecule has 1 saturated heterocycles. The number of non-ortho nitro benzene ring substituents is 1. The van der Waals surface area contributed by atoms with Gasteiger partial charge in [-0.15, -0.1) is 0 Å². The Morgan fingerprint density at radius 2 is 2.08 bits per heavy atom. The highest BCUT2D eigenvalue weighted by Gasteiger charge is 2.29. The Labute approximate surface area is 144 Å². The monoisotopic (exact) mass is 344 g/mol. The zero-order valence-electron chi connectivity index (χ0n) is 13.9. The number of benzene rings is 1. The van der Waals surface area contributed by atoms with Crippen molar-refractivity contribution in [3.05, 3.63) is 52.3 Å². The number of carbonyl (C=O) groups is 1. The molecule has 1 amide bonds. The summed E-state index contributed by atoms with van der Waals surface area (Å²) in [7, 11) is 0. The average molecular weight is 344 g/mol. The quantitative estimate of drug-likeness (QED) is 0.675. The van der Waals surface area contributed by atoms with Crippen LogP contribution in [0.1, 0.15) is 30.1 Å². The second-order valence-electron chi connectivity index (χ2n) is 6.38. The standard InChI is InChI=1S/C17H20N4O4/c1-12-2-3-13(11-22)9-19(12)17(23)14-8-18-20(10-14)15-4-6-16(7-5-15)21(24)25/h4-8,10,12-13,22H,2-3,9,11H2,1H3. The van der Waals surface area contributed by atoms with Crippen molar-refractivity contribution in [3.63, 3.8) is 0 Å². The summed E-state index contributed by atoms with van der Waals surface area (Å²) in [4.78, 5) is 24.8. The molecule has 8 nitrogen and oxygen atoms in total. The largest absolute Gasteiger partial charge is 0.396 e. The van der Waals surface area contributed by atoms with Crippen molar-refractivity contribution in [2.45, 2.75) is 25.8 Å². The Bertz CT molecular complexity index is 771. The Kier molecular flexibility index (Phi) is 4.80. The van der Waals surface area contributed by atoms with E-state index in [-0.39, 0.29) is 30.2 Å². The normalized spacial score (nSPS) is 20.5. The van der Waals surface area contributed by atoms with Gasteiger partial charge in [0.2, 0.25) is 0 Å². The first-order valence-corrected chi connectivity index (χ1v) is 8.21. The fourth-order valence-corrected chi connectivity index (χ4v) is 3.08. The molecule has 0 radical (unpaired) electrons. The molecule has 0 bridgehead atoms. The number of piperidine rings is 1. The predicted octanol–water partition coefficient (Wildman–Crippen LogP) is 2.01. The zero-order valence-corrected chi connectivity index (χ0v) is 13.9. The summed E-state index contributed by atoms with van der Waals surface area (Å²) in [5.41, 5.74) is 1.11. The number of likely N-dealkylation sites (tertiary alicyclic amines) is 1. The summed E-state index contributed by atoms with van der Waals surface area (Å²) in [6.45, 7) is 2.63. The van der Waals surface area contributed by atoms with Gasteiger partial charge in [0.25, 0.3) is 11.6 Å². The number of rotatable bonds is 4. The van der Waals surface area contributed by atoms with Crippen molar-refractivity contribution in [2.75, 3.05) is 13.2 Å². The molecule has 0 spiro atoms. The molecule has 2 unspecified atom stereocenters. The van der Waals surface area contributed by atoms with Gasteiger partial charge in [-0.3, -0.25) is 14.9 Å². The van der Waals surface area contributed by atoms with Crippen LogP contribution in [0.4, 0.5) is 5.69 Å². The van der Waals surface area contributed by atoms with Crippen molar-refractivity contribution in [2.24, 2.45) is 5.92 Å². The highest BCUT2D eigenvalue weighted by atomic mass is 16.6. The SMILES string of the molecule is CC1CCC(CO)CN1C(=O)c1cnn(-c2ccc([N+](=O)[O-])cc2)c1. The van der Waals surface area contributed by atoms with Crippen LogP contribution in [0.15, 0.2) is 36.7 Å². The third kappa shape index (κ3) is 3.53. The van der Waals surface area contributed by atoms with Crippen molar-refractivity contribution in [3.8, 4) is 5.69 Å². The average Bonchev–Trinajstić information content (AvgIpc) is 3.12. The van der Waals surface area contributed by atoms with E-state index in [1.165, 1.54) is 23.0 Å². The van der Waals surface area contributed by atoms with Gasteiger partial charge in [0.15, 0.2) is 0 Å². The Morgan fingerprint density at radius 1 is 1.36 bits per heavy atom. The number of hydrogen-bond donors (Lipinski definition) is 1. The van der Waals surface area contributed by atoms with E-state index in [9.17, 15) is 20.0 Å². The Balaban J connectivity index is 1.78. The molecule has 25 heavy (non-hydrogen) atoms. The molecule has 1 fully saturated rings. The number of amides is 1. The van der Waals surface area contributed by atoms with Gasteiger partial charge in [0.05, 0.1) is 22.4 Å². The summed E-state index contributed by atoms with van der Waals surface area (Å²) in [5, 5.41) is 24.3. The first kappa shape index (κ1) is 17.1. The number of nitrogens with zero attached hydrogens (tertiary/aromatic N) is 4. The summed E-state index contributed by atoms with van der Waals surface area (Å²) in [6, 6.07) is 6.10. The lowest BCUT2D eigenvalue weighted by atomic mass is 9.93. The van der Waals surface area contributed by atoms with E-state index in [2.05, 4.69) is 5.10 Å². The third-order valence-electron chi connectivity index (χ3n) is 4.65. The van der Waals surface area contributed by atoms with Crippen LogP contribution < -0.4 is 0 Å². The molecular weight excluding hydrogens is 324 g/mol. The molecule has 2 aromatic rings. The van der Waals surface area contributed by atoms with Crippen LogP contribution in [0.25, 0.3) is 5.69 Å². The fraction of sp³-hybridized carbons (Fsp3) is 0.412. The van der Waals surface area contributed by atoms with E-state index < -0.39 is 4.92 Å². The van der Waals surface area contributed by atoms with Crippen LogP contribution in [-0.2, 0) is 0 Å². The van der Waals surface area contributed by atoms with Crippen molar-refractivity contribution in [1.29, 1.82) is 0 Å². The second-order valence-corrected chi connectivity index (χ2v) is 6.38. The molecular formula is C17H20N4O4. The number of nitro groups is 1. The number of carbonyl (C=O) groups excluding carboxylic acids is 1. The molecule has 0 saturated carbocycles. The summed E-state index contributed by atoms with van der Waals surface area (Å²) >= 11 is 0. The first-order chi connectivity index (χ1) is 12.0. The van der Waals surface area contributed by atoms with E-state index in [1.807, 2.05) is 6.92 Å². The van der Waals surface area contributed by atoms with Gasteiger partial charge < -0.3 is 10.0 Å². The van der Waals surface area contributed by atoms with E-state index in [0.717, 1.165) is 12.8 Å². The number of aromatic nitrogens is 2. The van der Waals surface area contributed by atoms with Crippen LogP contribution >= 0.6 is 0 Å². The molecule has 8 heteroatoms. The van der Waals surface area contributed by atoms with E-state index >= 15 is 0 Å². The third-order valence-corrected chi connectivity index (χ3v) is 4.65. The van der Waals surface area contributed by atoms with Gasteiger partial charge >= 0.3 is 0 Å². The van der Waals surface area contributed by atoms with Gasteiger partial charge in [-0.05, 0) is 37.8 Å².